The molecule has 2 aromatic carbocycles. The molecule has 0 heterocycles. The first-order valence-electron chi connectivity index (χ1n) is 8.29. The number of hydrogen-bond donors (Lipinski definition) is 1. The van der Waals surface area contributed by atoms with Gasteiger partial charge in [-0.05, 0) is 53.2 Å². The Morgan fingerprint density at radius 3 is 2.77 bits per heavy atom. The molecule has 0 aromatic heterocycles. The van der Waals surface area contributed by atoms with Crippen LogP contribution in [0.15, 0.2) is 59.6 Å². The fourth-order valence-electron chi connectivity index (χ4n) is 2.14. The largest absolute Gasteiger partial charge is 0.491 e. The summed E-state index contributed by atoms with van der Waals surface area (Å²) in [5.41, 5.74) is 1.18. The molecule has 0 aliphatic rings. The third-order valence-corrected chi connectivity index (χ3v) is 3.96. The zero-order valence-electron chi connectivity index (χ0n) is 14.7. The molecule has 1 N–H and O–H groups in total. The summed E-state index contributed by atoms with van der Waals surface area (Å²) in [5.74, 6) is 1.12. The van der Waals surface area contributed by atoms with Gasteiger partial charge in [-0.15, -0.1) is 0 Å². The minimum atomic E-state index is -0.215. The Bertz CT molecular complexity index is 748. The molecule has 0 saturated carbocycles. The number of carbonyl (C=O) groups is 1. The van der Waals surface area contributed by atoms with Crippen LogP contribution in [0.4, 0.5) is 5.69 Å². The summed E-state index contributed by atoms with van der Waals surface area (Å²) < 4.78 is 17.0. The summed E-state index contributed by atoms with van der Waals surface area (Å²) in [5, 5.41) is 2.86. The Balaban J connectivity index is 1.98. The van der Waals surface area contributed by atoms with Gasteiger partial charge in [0.2, 0.25) is 0 Å². The van der Waals surface area contributed by atoms with Crippen LogP contribution < -0.4 is 14.8 Å². The van der Waals surface area contributed by atoms with Crippen LogP contribution in [0.2, 0.25) is 0 Å². The van der Waals surface area contributed by atoms with E-state index in [0.717, 1.165) is 0 Å². The Kier molecular flexibility index (Phi) is 8.18. The first-order chi connectivity index (χ1) is 12.6. The average molecular weight is 420 g/mol. The molecular formula is C20H22BrNO4. The van der Waals surface area contributed by atoms with E-state index in [2.05, 4.69) is 27.8 Å². The van der Waals surface area contributed by atoms with E-state index in [0.29, 0.717) is 53.7 Å². The molecule has 0 spiro atoms. The van der Waals surface area contributed by atoms with Gasteiger partial charge in [0.05, 0.1) is 11.1 Å². The fraction of sp³-hybridized carbons (Fsp3) is 0.250. The molecule has 0 radical (unpaired) electrons. The fourth-order valence-corrected chi connectivity index (χ4v) is 2.63. The lowest BCUT2D eigenvalue weighted by Gasteiger charge is -2.11. The second kappa shape index (κ2) is 10.6. The molecule has 0 unspecified atom stereocenters. The molecule has 138 valence electrons. The van der Waals surface area contributed by atoms with Gasteiger partial charge in [-0.1, -0.05) is 18.7 Å². The SMILES string of the molecule is C=CCOc1ccc(C(=O)Nc2cccc(OCCOCC)c2)cc1Br. The lowest BCUT2D eigenvalue weighted by molar-refractivity contribution is 0.102. The zero-order valence-corrected chi connectivity index (χ0v) is 16.3. The number of halogens is 1. The lowest BCUT2D eigenvalue weighted by atomic mass is 10.2. The third-order valence-electron chi connectivity index (χ3n) is 3.34. The molecule has 6 heteroatoms. The topological polar surface area (TPSA) is 56.8 Å². The second-order valence-corrected chi connectivity index (χ2v) is 6.13. The van der Waals surface area contributed by atoms with Crippen LogP contribution in [0.3, 0.4) is 0 Å². The van der Waals surface area contributed by atoms with E-state index in [-0.39, 0.29) is 5.91 Å². The molecule has 26 heavy (non-hydrogen) atoms. The van der Waals surface area contributed by atoms with E-state index in [4.69, 9.17) is 14.2 Å². The Morgan fingerprint density at radius 2 is 2.04 bits per heavy atom. The van der Waals surface area contributed by atoms with E-state index in [1.165, 1.54) is 0 Å². The van der Waals surface area contributed by atoms with Gasteiger partial charge in [0.25, 0.3) is 5.91 Å². The molecule has 0 aliphatic carbocycles. The highest BCUT2D eigenvalue weighted by atomic mass is 79.9. The van der Waals surface area contributed by atoms with Crippen LogP contribution in [0.25, 0.3) is 0 Å². The maximum atomic E-state index is 12.5. The van der Waals surface area contributed by atoms with Gasteiger partial charge in [0, 0.05) is 23.9 Å². The summed E-state index contributed by atoms with van der Waals surface area (Å²) >= 11 is 3.41. The molecule has 5 nitrogen and oxygen atoms in total. The van der Waals surface area contributed by atoms with Crippen LogP contribution in [0.1, 0.15) is 17.3 Å². The van der Waals surface area contributed by atoms with Crippen molar-refractivity contribution in [2.24, 2.45) is 0 Å². The van der Waals surface area contributed by atoms with Gasteiger partial charge in [-0.25, -0.2) is 0 Å². The van der Waals surface area contributed by atoms with E-state index in [1.807, 2.05) is 25.1 Å². The number of amides is 1. The minimum absolute atomic E-state index is 0.215. The predicted octanol–water partition coefficient (Wildman–Crippen LogP) is 4.68. The Morgan fingerprint density at radius 1 is 1.19 bits per heavy atom. The average Bonchev–Trinajstić information content (AvgIpc) is 2.64. The highest BCUT2D eigenvalue weighted by Gasteiger charge is 2.10. The van der Waals surface area contributed by atoms with Gasteiger partial charge in [-0.2, -0.15) is 0 Å². The molecule has 2 rings (SSSR count). The number of carbonyl (C=O) groups excluding carboxylic acids is 1. The molecule has 0 aliphatic heterocycles. The van der Waals surface area contributed by atoms with Crippen molar-refractivity contribution in [3.05, 3.63) is 65.2 Å². The normalized spacial score (nSPS) is 10.2. The highest BCUT2D eigenvalue weighted by Crippen LogP contribution is 2.26. The van der Waals surface area contributed by atoms with Crippen LogP contribution in [0.5, 0.6) is 11.5 Å². The van der Waals surface area contributed by atoms with Crippen molar-refractivity contribution in [2.75, 3.05) is 31.7 Å². The molecule has 2 aromatic rings. The quantitative estimate of drug-likeness (QED) is 0.448. The van der Waals surface area contributed by atoms with E-state index >= 15 is 0 Å². The molecular weight excluding hydrogens is 398 g/mol. The van der Waals surface area contributed by atoms with Crippen molar-refractivity contribution >= 4 is 27.5 Å². The number of hydrogen-bond acceptors (Lipinski definition) is 4. The van der Waals surface area contributed by atoms with Crippen molar-refractivity contribution in [1.29, 1.82) is 0 Å². The molecule has 0 fully saturated rings. The number of rotatable bonds is 10. The van der Waals surface area contributed by atoms with Gasteiger partial charge in [0.1, 0.15) is 24.7 Å². The van der Waals surface area contributed by atoms with Crippen LogP contribution in [-0.4, -0.2) is 32.3 Å². The van der Waals surface area contributed by atoms with Crippen molar-refractivity contribution < 1.29 is 19.0 Å². The summed E-state index contributed by atoms with van der Waals surface area (Å²) in [4.78, 5) is 12.5. The van der Waals surface area contributed by atoms with Crippen molar-refractivity contribution in [2.45, 2.75) is 6.92 Å². The van der Waals surface area contributed by atoms with Crippen LogP contribution in [0, 0.1) is 0 Å². The van der Waals surface area contributed by atoms with Crippen LogP contribution >= 0.6 is 15.9 Å². The highest BCUT2D eigenvalue weighted by molar-refractivity contribution is 9.10. The lowest BCUT2D eigenvalue weighted by Crippen LogP contribution is -2.12. The van der Waals surface area contributed by atoms with Crippen LogP contribution in [-0.2, 0) is 4.74 Å². The van der Waals surface area contributed by atoms with Crippen molar-refractivity contribution in [3.8, 4) is 11.5 Å². The zero-order chi connectivity index (χ0) is 18.8. The summed E-state index contributed by atoms with van der Waals surface area (Å²) in [6.45, 7) is 7.60. The summed E-state index contributed by atoms with van der Waals surface area (Å²) in [6.07, 6.45) is 1.66. The van der Waals surface area contributed by atoms with Gasteiger partial charge in [-0.3, -0.25) is 4.79 Å². The maximum absolute atomic E-state index is 12.5. The number of ether oxygens (including phenoxy) is 3. The standard InChI is InChI=1S/C20H22BrNO4/c1-3-10-26-19-9-8-15(13-18(19)21)20(23)22-16-6-5-7-17(14-16)25-12-11-24-4-2/h3,5-9,13-14H,1,4,10-12H2,2H3,(H,22,23). The smallest absolute Gasteiger partial charge is 0.255 e. The second-order valence-electron chi connectivity index (χ2n) is 5.27. The first kappa shape index (κ1) is 20.0. The Labute approximate surface area is 162 Å². The van der Waals surface area contributed by atoms with E-state index < -0.39 is 0 Å². The number of anilines is 1. The van der Waals surface area contributed by atoms with Crippen molar-refractivity contribution in [1.82, 2.24) is 0 Å². The number of benzene rings is 2. The monoisotopic (exact) mass is 419 g/mol. The van der Waals surface area contributed by atoms with Gasteiger partial charge >= 0.3 is 0 Å². The van der Waals surface area contributed by atoms with E-state index in [9.17, 15) is 4.79 Å². The van der Waals surface area contributed by atoms with Gasteiger partial charge < -0.3 is 19.5 Å². The first-order valence-corrected chi connectivity index (χ1v) is 9.08. The third kappa shape index (κ3) is 6.20. The maximum Gasteiger partial charge on any atom is 0.255 e. The molecule has 0 atom stereocenters. The minimum Gasteiger partial charge on any atom is -0.491 e. The predicted molar refractivity (Wildman–Crippen MR) is 106 cm³/mol. The number of nitrogens with one attached hydrogen (secondary N) is 1. The van der Waals surface area contributed by atoms with Gasteiger partial charge in [0.15, 0.2) is 0 Å². The summed E-state index contributed by atoms with van der Waals surface area (Å²) in [7, 11) is 0. The molecule has 0 bridgehead atoms. The summed E-state index contributed by atoms with van der Waals surface area (Å²) in [6, 6.07) is 12.4. The molecule has 0 saturated heterocycles. The Hall–Kier alpha value is -2.31. The van der Waals surface area contributed by atoms with Crippen molar-refractivity contribution in [3.63, 3.8) is 0 Å². The molecule has 1 amide bonds. The van der Waals surface area contributed by atoms with E-state index in [1.54, 1.807) is 30.3 Å².